The van der Waals surface area contributed by atoms with E-state index in [4.69, 9.17) is 19.9 Å². The predicted octanol–water partition coefficient (Wildman–Crippen LogP) is 3.26. The average Bonchev–Trinajstić information content (AvgIpc) is 2.53. The van der Waals surface area contributed by atoms with Gasteiger partial charge in [-0.3, -0.25) is 4.79 Å². The molecule has 2 rings (SSSR count). The normalized spacial score (nSPS) is 10.5. The van der Waals surface area contributed by atoms with Crippen LogP contribution in [0.1, 0.15) is 24.2 Å². The number of carbonyl (C=O) groups excluding carboxylic acids is 1. The first kappa shape index (κ1) is 16.7. The third-order valence-electron chi connectivity index (χ3n) is 3.32. The number of primary amides is 1. The Morgan fingerprint density at radius 2 is 1.48 bits per heavy atom. The summed E-state index contributed by atoms with van der Waals surface area (Å²) in [4.78, 5) is 11.7. The molecule has 0 aliphatic rings. The van der Waals surface area contributed by atoms with E-state index in [1.807, 2.05) is 38.1 Å². The summed E-state index contributed by atoms with van der Waals surface area (Å²) in [5.41, 5.74) is 7.56. The largest absolute Gasteiger partial charge is 0.493 e. The monoisotopic (exact) mass is 315 g/mol. The molecule has 0 heterocycles. The van der Waals surface area contributed by atoms with Crippen LogP contribution in [0, 0.1) is 0 Å². The van der Waals surface area contributed by atoms with Crippen LogP contribution in [-0.2, 0) is 0 Å². The molecule has 0 atom stereocenters. The van der Waals surface area contributed by atoms with Crippen LogP contribution in [0.2, 0.25) is 0 Å². The van der Waals surface area contributed by atoms with E-state index in [1.54, 1.807) is 26.4 Å². The number of benzene rings is 2. The summed E-state index contributed by atoms with van der Waals surface area (Å²) < 4.78 is 16.2. The summed E-state index contributed by atoms with van der Waals surface area (Å²) in [6.45, 7) is 3.79. The Labute approximate surface area is 136 Å². The average molecular weight is 315 g/mol. The highest BCUT2D eigenvalue weighted by Crippen LogP contribution is 2.34. The molecule has 2 aromatic carbocycles. The van der Waals surface area contributed by atoms with Crippen LogP contribution in [0.5, 0.6) is 17.2 Å². The summed E-state index contributed by atoms with van der Waals surface area (Å²) in [5, 5.41) is 0. The van der Waals surface area contributed by atoms with Gasteiger partial charge < -0.3 is 19.9 Å². The van der Waals surface area contributed by atoms with Crippen molar-refractivity contribution >= 4 is 5.91 Å². The number of hydrogen-bond donors (Lipinski definition) is 1. The highest BCUT2D eigenvalue weighted by molar-refractivity contribution is 5.97. The molecule has 0 saturated heterocycles. The molecule has 0 fully saturated rings. The zero-order valence-corrected chi connectivity index (χ0v) is 13.8. The van der Waals surface area contributed by atoms with Crippen molar-refractivity contribution in [1.82, 2.24) is 0 Å². The number of amides is 1. The van der Waals surface area contributed by atoms with E-state index >= 15 is 0 Å². The van der Waals surface area contributed by atoms with Crippen molar-refractivity contribution in [3.8, 4) is 28.4 Å². The molecular weight excluding hydrogens is 294 g/mol. The van der Waals surface area contributed by atoms with Gasteiger partial charge in [0.15, 0.2) is 11.5 Å². The molecule has 122 valence electrons. The Balaban J connectivity index is 2.48. The zero-order valence-electron chi connectivity index (χ0n) is 13.8. The van der Waals surface area contributed by atoms with Crippen LogP contribution in [0.3, 0.4) is 0 Å². The first-order valence-corrected chi connectivity index (χ1v) is 7.29. The molecule has 0 aliphatic carbocycles. The Morgan fingerprint density at radius 3 is 2.00 bits per heavy atom. The maximum absolute atomic E-state index is 11.7. The fourth-order valence-corrected chi connectivity index (χ4v) is 2.27. The second kappa shape index (κ2) is 7.05. The van der Waals surface area contributed by atoms with Crippen LogP contribution in [-0.4, -0.2) is 26.2 Å². The fraction of sp³-hybridized carbons (Fsp3) is 0.278. The third-order valence-corrected chi connectivity index (χ3v) is 3.32. The third kappa shape index (κ3) is 3.74. The standard InChI is InChI=1S/C18H21NO4/c1-11(2)23-15-7-5-12(9-14(15)18(19)20)13-6-8-16(21-3)17(10-13)22-4/h5-11H,1-4H3,(H2,19,20). The van der Waals surface area contributed by atoms with E-state index < -0.39 is 5.91 Å². The van der Waals surface area contributed by atoms with Crippen LogP contribution in [0.15, 0.2) is 36.4 Å². The van der Waals surface area contributed by atoms with Crippen LogP contribution in [0.25, 0.3) is 11.1 Å². The van der Waals surface area contributed by atoms with Crippen molar-refractivity contribution in [2.75, 3.05) is 14.2 Å². The number of carbonyl (C=O) groups is 1. The van der Waals surface area contributed by atoms with E-state index in [1.165, 1.54) is 0 Å². The molecule has 0 saturated carbocycles. The van der Waals surface area contributed by atoms with Crippen molar-refractivity contribution in [2.24, 2.45) is 5.73 Å². The molecule has 1 amide bonds. The van der Waals surface area contributed by atoms with Gasteiger partial charge in [0.05, 0.1) is 25.9 Å². The van der Waals surface area contributed by atoms with Gasteiger partial charge in [0, 0.05) is 0 Å². The fourth-order valence-electron chi connectivity index (χ4n) is 2.27. The molecular formula is C18H21NO4. The number of hydrogen-bond acceptors (Lipinski definition) is 4. The second-order valence-corrected chi connectivity index (χ2v) is 5.31. The topological polar surface area (TPSA) is 70.8 Å². The SMILES string of the molecule is COc1ccc(-c2ccc(OC(C)C)c(C(N)=O)c2)cc1OC. The summed E-state index contributed by atoms with van der Waals surface area (Å²) in [7, 11) is 3.16. The van der Waals surface area contributed by atoms with Crippen LogP contribution < -0.4 is 19.9 Å². The van der Waals surface area contributed by atoms with Gasteiger partial charge in [-0.25, -0.2) is 0 Å². The quantitative estimate of drug-likeness (QED) is 0.888. The van der Waals surface area contributed by atoms with Crippen molar-refractivity contribution in [1.29, 1.82) is 0 Å². The molecule has 5 heteroatoms. The molecule has 23 heavy (non-hydrogen) atoms. The molecule has 0 aliphatic heterocycles. The maximum atomic E-state index is 11.7. The van der Waals surface area contributed by atoms with Gasteiger partial charge in [-0.15, -0.1) is 0 Å². The lowest BCUT2D eigenvalue weighted by Gasteiger charge is -2.15. The summed E-state index contributed by atoms with van der Waals surface area (Å²) in [6.07, 6.45) is -0.0416. The van der Waals surface area contributed by atoms with E-state index in [2.05, 4.69) is 0 Å². The van der Waals surface area contributed by atoms with Crippen molar-refractivity contribution in [2.45, 2.75) is 20.0 Å². The minimum absolute atomic E-state index is 0.0416. The number of ether oxygens (including phenoxy) is 3. The molecule has 0 unspecified atom stereocenters. The van der Waals surface area contributed by atoms with Gasteiger partial charge in [0.1, 0.15) is 5.75 Å². The van der Waals surface area contributed by atoms with Crippen molar-refractivity contribution in [3.05, 3.63) is 42.0 Å². The first-order valence-electron chi connectivity index (χ1n) is 7.29. The molecule has 0 bridgehead atoms. The smallest absolute Gasteiger partial charge is 0.252 e. The summed E-state index contributed by atoms with van der Waals surface area (Å²) in [6, 6.07) is 10.9. The first-order chi connectivity index (χ1) is 11.0. The van der Waals surface area contributed by atoms with Gasteiger partial charge in [-0.05, 0) is 49.2 Å². The second-order valence-electron chi connectivity index (χ2n) is 5.31. The number of nitrogens with two attached hydrogens (primary N) is 1. The van der Waals surface area contributed by atoms with Crippen molar-refractivity contribution < 1.29 is 19.0 Å². The van der Waals surface area contributed by atoms with Gasteiger partial charge in [-0.2, -0.15) is 0 Å². The van der Waals surface area contributed by atoms with Crippen LogP contribution in [0.4, 0.5) is 0 Å². The van der Waals surface area contributed by atoms with E-state index in [0.29, 0.717) is 22.8 Å². The lowest BCUT2D eigenvalue weighted by atomic mass is 10.0. The molecule has 2 aromatic rings. The van der Waals surface area contributed by atoms with Crippen molar-refractivity contribution in [3.63, 3.8) is 0 Å². The van der Waals surface area contributed by atoms with E-state index in [9.17, 15) is 4.79 Å². The molecule has 0 aromatic heterocycles. The highest BCUT2D eigenvalue weighted by Gasteiger charge is 2.14. The van der Waals surface area contributed by atoms with E-state index in [0.717, 1.165) is 11.1 Å². The predicted molar refractivity (Wildman–Crippen MR) is 89.3 cm³/mol. The lowest BCUT2D eigenvalue weighted by molar-refractivity contribution is 0.0994. The number of methoxy groups -OCH3 is 2. The molecule has 0 radical (unpaired) electrons. The van der Waals surface area contributed by atoms with Gasteiger partial charge in [-0.1, -0.05) is 12.1 Å². The Kier molecular flexibility index (Phi) is 5.11. The minimum atomic E-state index is -0.525. The summed E-state index contributed by atoms with van der Waals surface area (Å²) in [5.74, 6) is 1.22. The molecule has 0 spiro atoms. The highest BCUT2D eigenvalue weighted by atomic mass is 16.5. The Morgan fingerprint density at radius 1 is 0.913 bits per heavy atom. The Hall–Kier alpha value is -2.69. The molecule has 2 N–H and O–H groups in total. The minimum Gasteiger partial charge on any atom is -0.493 e. The van der Waals surface area contributed by atoms with Crippen LogP contribution >= 0.6 is 0 Å². The zero-order chi connectivity index (χ0) is 17.0. The summed E-state index contributed by atoms with van der Waals surface area (Å²) >= 11 is 0. The van der Waals surface area contributed by atoms with E-state index in [-0.39, 0.29) is 6.10 Å². The lowest BCUT2D eigenvalue weighted by Crippen LogP contribution is -2.15. The van der Waals surface area contributed by atoms with Gasteiger partial charge in [0.25, 0.3) is 5.91 Å². The Bertz CT molecular complexity index is 710. The van der Waals surface area contributed by atoms with Gasteiger partial charge >= 0.3 is 0 Å². The van der Waals surface area contributed by atoms with Gasteiger partial charge in [0.2, 0.25) is 0 Å². The number of rotatable bonds is 6. The maximum Gasteiger partial charge on any atom is 0.252 e. The molecule has 5 nitrogen and oxygen atoms in total.